The number of nitrogens with zero attached hydrogens (tertiary/aromatic N) is 2. The van der Waals surface area contributed by atoms with Crippen LogP contribution in [0, 0.1) is 17.8 Å². The zero-order valence-electron chi connectivity index (χ0n) is 19.1. The van der Waals surface area contributed by atoms with Gasteiger partial charge in [0.25, 0.3) is 0 Å². The van der Waals surface area contributed by atoms with Gasteiger partial charge in [-0.3, -0.25) is 13.8 Å². The number of carboxylic acid groups (broad SMARTS) is 1. The van der Waals surface area contributed by atoms with Crippen LogP contribution in [0.1, 0.15) is 33.6 Å². The molecule has 0 radical (unpaired) electrons. The molecule has 2 amide bonds. The van der Waals surface area contributed by atoms with E-state index >= 15 is 0 Å². The van der Waals surface area contributed by atoms with Crippen molar-refractivity contribution in [3.8, 4) is 0 Å². The summed E-state index contributed by atoms with van der Waals surface area (Å²) >= 11 is 1.46. The zero-order valence-corrected chi connectivity index (χ0v) is 20.7. The van der Waals surface area contributed by atoms with Crippen molar-refractivity contribution in [2.45, 2.75) is 50.9 Å². The number of β-lactam (4-membered cyclic amide) rings is 1. The summed E-state index contributed by atoms with van der Waals surface area (Å²) in [4.78, 5) is 53.3. The van der Waals surface area contributed by atoms with E-state index in [1.807, 2.05) is 13.8 Å². The maximum Gasteiger partial charge on any atom is 0.353 e. The molecule has 33 heavy (non-hydrogen) atoms. The summed E-state index contributed by atoms with van der Waals surface area (Å²) in [5.41, 5.74) is 0.0575. The second-order valence-electron chi connectivity index (χ2n) is 9.52. The second-order valence-corrected chi connectivity index (χ2v) is 12.6. The van der Waals surface area contributed by atoms with Gasteiger partial charge in [-0.1, -0.05) is 13.8 Å². The van der Waals surface area contributed by atoms with E-state index in [4.69, 9.17) is 0 Å². The van der Waals surface area contributed by atoms with Crippen molar-refractivity contribution in [2.75, 3.05) is 31.1 Å². The lowest BCUT2D eigenvalue weighted by Gasteiger charge is -2.47. The van der Waals surface area contributed by atoms with Crippen LogP contribution in [0.5, 0.6) is 0 Å². The van der Waals surface area contributed by atoms with Crippen molar-refractivity contribution < 1.29 is 28.5 Å². The number of amides is 2. The minimum Gasteiger partial charge on any atom is -0.477 e. The molecule has 9 nitrogen and oxygen atoms in total. The van der Waals surface area contributed by atoms with Gasteiger partial charge in [0, 0.05) is 64.4 Å². The third-order valence-corrected chi connectivity index (χ3v) is 9.97. The maximum atomic E-state index is 12.9. The molecule has 6 atom stereocenters. The van der Waals surface area contributed by atoms with Crippen LogP contribution in [0.25, 0.3) is 0 Å². The van der Waals surface area contributed by atoms with Gasteiger partial charge < -0.3 is 25.0 Å². The van der Waals surface area contributed by atoms with Gasteiger partial charge in [-0.05, 0) is 19.3 Å². The monoisotopic (exact) mass is 497 g/mol. The Morgan fingerprint density at radius 3 is 2.55 bits per heavy atom. The lowest BCUT2D eigenvalue weighted by atomic mass is 9.73. The average molecular weight is 498 g/mol. The third-order valence-electron chi connectivity index (χ3n) is 7.19. The highest BCUT2D eigenvalue weighted by molar-refractivity contribution is 8.03. The predicted octanol–water partition coefficient (Wildman–Crippen LogP) is 0.429. The summed E-state index contributed by atoms with van der Waals surface area (Å²) in [6, 6.07) is -0.567. The Morgan fingerprint density at radius 2 is 1.94 bits per heavy atom. The van der Waals surface area contributed by atoms with Crippen molar-refractivity contribution in [3.63, 3.8) is 0 Å². The van der Waals surface area contributed by atoms with Crippen molar-refractivity contribution >= 4 is 46.1 Å². The molecule has 4 aliphatic heterocycles. The van der Waals surface area contributed by atoms with Crippen LogP contribution >= 0.6 is 11.8 Å². The molecule has 0 bridgehead atoms. The fourth-order valence-electron chi connectivity index (χ4n) is 5.59. The quantitative estimate of drug-likeness (QED) is 0.486. The molecule has 0 spiro atoms. The lowest BCUT2D eigenvalue weighted by molar-refractivity contribution is -0.160. The normalized spacial score (nSPS) is 33.2. The minimum absolute atomic E-state index is 0.0128. The number of fused-ring (bicyclic) bond motifs is 1. The summed E-state index contributed by atoms with van der Waals surface area (Å²) in [5, 5.41) is 13.2. The van der Waals surface area contributed by atoms with Gasteiger partial charge in [-0.15, -0.1) is 11.8 Å². The number of aliphatic carboxylic acids is 1. The molecule has 0 unspecified atom stereocenters. The van der Waals surface area contributed by atoms with Crippen LogP contribution in [0.3, 0.4) is 0 Å². The summed E-state index contributed by atoms with van der Waals surface area (Å²) in [6.45, 7) is 6.93. The van der Waals surface area contributed by atoms with Gasteiger partial charge in [0.2, 0.25) is 11.8 Å². The van der Waals surface area contributed by atoms with Crippen molar-refractivity contribution in [1.29, 1.82) is 0 Å². The Kier molecular flexibility index (Phi) is 7.02. The predicted molar refractivity (Wildman–Crippen MR) is 125 cm³/mol. The van der Waals surface area contributed by atoms with Gasteiger partial charge in [0.05, 0.1) is 18.0 Å². The Morgan fingerprint density at radius 1 is 1.27 bits per heavy atom. The van der Waals surface area contributed by atoms with Crippen LogP contribution < -0.4 is 5.32 Å². The molecule has 4 aliphatic rings. The molecule has 3 saturated heterocycles. The first-order chi connectivity index (χ1) is 15.6. The fraction of sp³-hybridized carbons (Fsp3) is 0.727. The molecule has 3 fully saturated rings. The average Bonchev–Trinajstić information content (AvgIpc) is 3.30. The Bertz CT molecular complexity index is 927. The molecule has 11 heteroatoms. The zero-order chi connectivity index (χ0) is 24.0. The molecule has 4 rings (SSSR count). The summed E-state index contributed by atoms with van der Waals surface area (Å²) < 4.78 is 11.6. The number of Topliss-reactive ketones (excluding diaryl/α,β-unsaturated/α-hetero) is 1. The molecule has 0 aromatic heterocycles. The van der Waals surface area contributed by atoms with E-state index in [0.29, 0.717) is 48.9 Å². The molecule has 0 saturated carbocycles. The second kappa shape index (κ2) is 9.50. The van der Waals surface area contributed by atoms with Crippen molar-refractivity contribution in [1.82, 2.24) is 15.1 Å². The highest BCUT2D eigenvalue weighted by Gasteiger charge is 2.60. The standard InChI is InChI=1S/C22H31N3O6S2/c1-11(8-12(2)26)16-17-13(3)19(18(22(29)30)25(17)21(16)28)32-14-9-15(23-10-14)20(27)24-4-6-33(31)7-5-24/h11,13-17,23H,4-10H2,1-3H3,(H,29,30)/t11-,13+,14-,15-,16+,17+/m0/s1. The smallest absolute Gasteiger partial charge is 0.353 e. The summed E-state index contributed by atoms with van der Waals surface area (Å²) in [7, 11) is -0.847. The van der Waals surface area contributed by atoms with Gasteiger partial charge in [-0.25, -0.2) is 4.79 Å². The van der Waals surface area contributed by atoms with E-state index < -0.39 is 16.8 Å². The largest absolute Gasteiger partial charge is 0.477 e. The number of hydrogen-bond donors (Lipinski definition) is 2. The number of hydrogen-bond acceptors (Lipinski definition) is 7. The number of thioether (sulfide) groups is 1. The maximum absolute atomic E-state index is 12.9. The SMILES string of the molecule is CC(=O)C[C@H](C)[C@H]1C(=O)N2C(C(=O)O)=C(S[C@@H]3CN[C@H](C(=O)N4CCS(=O)CC4)C3)[C@H](C)[C@H]12. The number of ketones is 1. The highest BCUT2D eigenvalue weighted by Crippen LogP contribution is 2.53. The molecule has 0 aliphatic carbocycles. The van der Waals surface area contributed by atoms with Crippen LogP contribution in [-0.4, -0.2) is 91.2 Å². The summed E-state index contributed by atoms with van der Waals surface area (Å²) in [6.07, 6.45) is 0.883. The molecule has 0 aromatic rings. The number of nitrogens with one attached hydrogen (secondary N) is 1. The number of rotatable bonds is 7. The highest BCUT2D eigenvalue weighted by atomic mass is 32.2. The van der Waals surface area contributed by atoms with Gasteiger partial charge >= 0.3 is 5.97 Å². The molecule has 182 valence electrons. The van der Waals surface area contributed by atoms with E-state index in [1.54, 1.807) is 4.90 Å². The lowest BCUT2D eigenvalue weighted by Crippen LogP contribution is -2.62. The van der Waals surface area contributed by atoms with Crippen LogP contribution in [0.4, 0.5) is 0 Å². The van der Waals surface area contributed by atoms with Crippen LogP contribution in [0.2, 0.25) is 0 Å². The van der Waals surface area contributed by atoms with E-state index in [-0.39, 0.29) is 58.4 Å². The Balaban J connectivity index is 1.44. The minimum atomic E-state index is -1.11. The van der Waals surface area contributed by atoms with Gasteiger partial charge in [0.15, 0.2) is 0 Å². The van der Waals surface area contributed by atoms with Gasteiger partial charge in [0.1, 0.15) is 11.5 Å². The fourth-order valence-corrected chi connectivity index (χ4v) is 8.12. The van der Waals surface area contributed by atoms with E-state index in [0.717, 1.165) is 0 Å². The topological polar surface area (TPSA) is 124 Å². The van der Waals surface area contributed by atoms with E-state index in [9.17, 15) is 28.5 Å². The van der Waals surface area contributed by atoms with Crippen LogP contribution in [0.15, 0.2) is 10.6 Å². The number of carbonyl (C=O) groups excluding carboxylic acids is 3. The van der Waals surface area contributed by atoms with Crippen molar-refractivity contribution in [3.05, 3.63) is 10.6 Å². The molecular formula is C22H31N3O6S2. The first kappa shape index (κ1) is 24.4. The number of carboxylic acids is 1. The Labute approximate surface area is 200 Å². The molecule has 2 N–H and O–H groups in total. The third kappa shape index (κ3) is 4.51. The van der Waals surface area contributed by atoms with Crippen LogP contribution in [-0.2, 0) is 30.0 Å². The van der Waals surface area contributed by atoms with Gasteiger partial charge in [-0.2, -0.15) is 0 Å². The first-order valence-electron chi connectivity index (χ1n) is 11.4. The Hall–Kier alpha value is -1.72. The number of carbonyl (C=O) groups is 4. The molecule has 0 aromatic carbocycles. The van der Waals surface area contributed by atoms with E-state index in [1.165, 1.54) is 23.6 Å². The van der Waals surface area contributed by atoms with Crippen molar-refractivity contribution in [2.24, 2.45) is 17.8 Å². The van der Waals surface area contributed by atoms with E-state index in [2.05, 4.69) is 5.32 Å². The molecule has 4 heterocycles. The first-order valence-corrected chi connectivity index (χ1v) is 13.8. The summed E-state index contributed by atoms with van der Waals surface area (Å²) in [5.74, 6) is -0.887. The molecular weight excluding hydrogens is 466 g/mol.